The Morgan fingerprint density at radius 2 is 1.13 bits per heavy atom. The topological polar surface area (TPSA) is 15.6 Å². The third-order valence-corrected chi connectivity index (χ3v) is 9.02. The first-order chi connectivity index (χ1) is 24.4. The van der Waals surface area contributed by atoms with E-state index in [1.807, 2.05) is 23.1 Å². The van der Waals surface area contributed by atoms with Gasteiger partial charge in [-0.3, -0.25) is 4.99 Å². The van der Waals surface area contributed by atoms with Crippen LogP contribution in [0.2, 0.25) is 0 Å². The summed E-state index contributed by atoms with van der Waals surface area (Å²) in [5.74, 6) is 0.372. The van der Waals surface area contributed by atoms with E-state index in [2.05, 4.69) is 121 Å². The Balaban J connectivity index is 1.22. The molecule has 2 unspecified atom stereocenters. The van der Waals surface area contributed by atoms with Crippen LogP contribution in [-0.2, 0) is 0 Å². The van der Waals surface area contributed by atoms with Gasteiger partial charge in [-0.05, 0) is 66.7 Å². The third-order valence-electron chi connectivity index (χ3n) is 9.02. The lowest BCUT2D eigenvalue weighted by Gasteiger charge is -2.29. The molecule has 1 aliphatic heterocycles. The normalized spacial score (nSPS) is 18.8. The van der Waals surface area contributed by atoms with Gasteiger partial charge in [-0.25, -0.2) is 0 Å². The lowest BCUT2D eigenvalue weighted by Crippen LogP contribution is -2.39. The van der Waals surface area contributed by atoms with Gasteiger partial charge in [0, 0.05) is 11.3 Å². The molecular weight excluding hydrogens is 544 g/mol. The molecule has 1 aliphatic carbocycles. The van der Waals surface area contributed by atoms with Gasteiger partial charge in [0.2, 0.25) is 0 Å². The summed E-state index contributed by atoms with van der Waals surface area (Å²) in [6.45, 7) is 0. The summed E-state index contributed by atoms with van der Waals surface area (Å²) in [7, 11) is 0. The molecule has 2 atom stereocenters. The van der Waals surface area contributed by atoms with Crippen molar-refractivity contribution in [2.24, 2.45) is 4.99 Å². The lowest BCUT2D eigenvalue weighted by atomic mass is 9.84. The first-order valence-corrected chi connectivity index (χ1v) is 15.2. The summed E-state index contributed by atoms with van der Waals surface area (Å²) >= 11 is 0. The van der Waals surface area contributed by atoms with Crippen LogP contribution < -0.4 is 4.90 Å². The molecule has 0 saturated carbocycles. The summed E-state index contributed by atoms with van der Waals surface area (Å²) < 4.78 is 42.2. The monoisotopic (exact) mass is 579 g/mol. The Kier molecular flexibility index (Phi) is 4.90. The molecule has 2 nitrogen and oxygen atoms in total. The Bertz CT molecular complexity index is 2530. The molecule has 7 aromatic rings. The Hall–Kier alpha value is -5.73. The molecule has 0 spiro atoms. The van der Waals surface area contributed by atoms with Gasteiger partial charge >= 0.3 is 0 Å². The molecule has 0 N–H and O–H groups in total. The number of hydrogen-bond donors (Lipinski definition) is 0. The van der Waals surface area contributed by atoms with Gasteiger partial charge in [-0.1, -0.05) is 158 Å². The van der Waals surface area contributed by atoms with E-state index in [-0.39, 0.29) is 41.8 Å². The molecule has 0 saturated heterocycles. The van der Waals surface area contributed by atoms with Crippen LogP contribution in [0.25, 0.3) is 54.6 Å². The van der Waals surface area contributed by atoms with Crippen molar-refractivity contribution in [3.05, 3.63) is 175 Å². The quantitative estimate of drug-likeness (QED) is 0.189. The molecule has 0 aromatic heterocycles. The van der Waals surface area contributed by atoms with Crippen LogP contribution in [-0.4, -0.2) is 17.9 Å². The number of benzene rings is 7. The maximum absolute atomic E-state index is 8.72. The van der Waals surface area contributed by atoms with E-state index in [0.29, 0.717) is 5.84 Å². The van der Waals surface area contributed by atoms with E-state index in [9.17, 15) is 0 Å². The second-order valence-electron chi connectivity index (χ2n) is 11.5. The second kappa shape index (κ2) is 10.5. The van der Waals surface area contributed by atoms with Crippen molar-refractivity contribution >= 4 is 43.8 Å². The molecule has 1 heterocycles. The van der Waals surface area contributed by atoms with E-state index < -0.39 is 6.04 Å². The van der Waals surface area contributed by atoms with Crippen LogP contribution >= 0.6 is 0 Å². The minimum Gasteiger partial charge on any atom is -0.317 e. The summed E-state index contributed by atoms with van der Waals surface area (Å²) in [4.78, 5) is 6.93. The minimum absolute atomic E-state index is 0.109. The van der Waals surface area contributed by atoms with E-state index in [1.165, 1.54) is 32.7 Å². The molecule has 212 valence electrons. The van der Waals surface area contributed by atoms with Crippen molar-refractivity contribution < 1.29 is 6.85 Å². The largest absolute Gasteiger partial charge is 0.317 e. The van der Waals surface area contributed by atoms with Gasteiger partial charge in [0.25, 0.3) is 0 Å². The molecule has 0 fully saturated rings. The van der Waals surface area contributed by atoms with Gasteiger partial charge < -0.3 is 4.90 Å². The number of allylic oxidation sites excluding steroid dienone is 2. The molecular formula is C43H30N2. The van der Waals surface area contributed by atoms with E-state index in [1.54, 1.807) is 0 Å². The van der Waals surface area contributed by atoms with Crippen LogP contribution in [0.15, 0.2) is 175 Å². The highest BCUT2D eigenvalue weighted by Crippen LogP contribution is 2.45. The van der Waals surface area contributed by atoms with Gasteiger partial charge in [-0.2, -0.15) is 0 Å². The number of fused-ring (bicyclic) bond motifs is 4. The fraction of sp³-hybridized carbons (Fsp3) is 0.0465. The summed E-state index contributed by atoms with van der Waals surface area (Å²) in [6, 6.07) is 38.5. The van der Waals surface area contributed by atoms with E-state index in [4.69, 9.17) is 11.8 Å². The Morgan fingerprint density at radius 1 is 0.533 bits per heavy atom. The number of amidine groups is 1. The van der Waals surface area contributed by atoms with Crippen molar-refractivity contribution in [1.29, 1.82) is 0 Å². The number of hydrogen-bond acceptors (Lipinski definition) is 2. The van der Waals surface area contributed by atoms with Crippen LogP contribution in [0.4, 0.5) is 5.69 Å². The second-order valence-corrected chi connectivity index (χ2v) is 11.5. The molecule has 7 aromatic carbocycles. The van der Waals surface area contributed by atoms with Crippen molar-refractivity contribution in [2.45, 2.75) is 12.1 Å². The summed E-state index contributed by atoms with van der Waals surface area (Å²) in [5.41, 5.74) is 5.56. The molecule has 0 radical (unpaired) electrons. The highest BCUT2D eigenvalue weighted by molar-refractivity contribution is 6.23. The minimum atomic E-state index is -0.415. The van der Waals surface area contributed by atoms with Crippen molar-refractivity contribution in [3.8, 4) is 22.3 Å². The molecule has 2 heteroatoms. The summed E-state index contributed by atoms with van der Waals surface area (Å²) in [5, 5.41) is 7.10. The number of anilines is 1. The molecule has 0 bridgehead atoms. The smallest absolute Gasteiger partial charge is 0.136 e. The standard InChI is InChI=1S/C43H30N2/c1-2-14-31(15-3-1)43-44-39-23-10-11-24-40(39)45(43)32-27-25-30(26-28-32)41-35-18-6-8-20-37(35)42(38-21-9-7-19-36(38)41)34-22-12-16-29-13-4-5-17-33(29)34/h1-28,39-40H/i1D,2D,3D,14D,15D. The fourth-order valence-electron chi connectivity index (χ4n) is 7.09. The highest BCUT2D eigenvalue weighted by Gasteiger charge is 2.35. The molecule has 0 amide bonds. The van der Waals surface area contributed by atoms with Crippen molar-refractivity contribution in [2.75, 3.05) is 4.90 Å². The first-order valence-electron chi connectivity index (χ1n) is 17.7. The maximum atomic E-state index is 8.72. The average molecular weight is 580 g/mol. The SMILES string of the molecule is [2H]c1c([2H])c([2H])c(C2=NC3C=CC=CC3N2c2ccc(-c3c4ccccc4c(-c4cccc5ccccc45)c4ccccc34)cc2)c([2H])c1[2H]. The van der Waals surface area contributed by atoms with Crippen molar-refractivity contribution in [3.63, 3.8) is 0 Å². The van der Waals surface area contributed by atoms with E-state index >= 15 is 0 Å². The number of rotatable bonds is 4. The zero-order valence-corrected chi connectivity index (χ0v) is 24.3. The summed E-state index contributed by atoms with van der Waals surface area (Å²) in [6.07, 6.45) is 7.95. The number of nitrogens with zero attached hydrogens (tertiary/aromatic N) is 2. The predicted molar refractivity (Wildman–Crippen MR) is 191 cm³/mol. The average Bonchev–Trinajstić information content (AvgIpc) is 3.54. The van der Waals surface area contributed by atoms with Crippen LogP contribution in [0.1, 0.15) is 12.4 Å². The maximum Gasteiger partial charge on any atom is 0.136 e. The first kappa shape index (κ1) is 21.1. The molecule has 2 aliphatic rings. The van der Waals surface area contributed by atoms with Crippen LogP contribution in [0, 0.1) is 0 Å². The molecule has 45 heavy (non-hydrogen) atoms. The highest BCUT2D eigenvalue weighted by atomic mass is 15.3. The lowest BCUT2D eigenvalue weighted by molar-refractivity contribution is 0.739. The third kappa shape index (κ3) is 4.14. The van der Waals surface area contributed by atoms with Crippen LogP contribution in [0.5, 0.6) is 0 Å². The van der Waals surface area contributed by atoms with Gasteiger partial charge in [0.15, 0.2) is 0 Å². The van der Waals surface area contributed by atoms with Gasteiger partial charge in [0.1, 0.15) is 5.84 Å². The Morgan fingerprint density at radius 3 is 1.84 bits per heavy atom. The zero-order valence-electron chi connectivity index (χ0n) is 29.3. The van der Waals surface area contributed by atoms with E-state index in [0.717, 1.165) is 27.6 Å². The van der Waals surface area contributed by atoms with Gasteiger partial charge in [0.05, 0.1) is 18.9 Å². The Labute approximate surface area is 269 Å². The number of aliphatic imine (C=N–C) groups is 1. The van der Waals surface area contributed by atoms with Gasteiger partial charge in [-0.15, -0.1) is 0 Å². The van der Waals surface area contributed by atoms with Crippen LogP contribution in [0.3, 0.4) is 0 Å². The molecule has 9 rings (SSSR count). The van der Waals surface area contributed by atoms with Crippen molar-refractivity contribution in [1.82, 2.24) is 0 Å². The zero-order chi connectivity index (χ0) is 34.1. The fourth-order valence-corrected chi connectivity index (χ4v) is 7.09. The predicted octanol–water partition coefficient (Wildman–Crippen LogP) is 10.6.